The number of carbonyl (C=O) groups is 1. The third-order valence-electron chi connectivity index (χ3n) is 3.74. The molecular formula is C17H15N5O3S. The molecule has 26 heavy (non-hydrogen) atoms. The van der Waals surface area contributed by atoms with Crippen molar-refractivity contribution in [1.29, 1.82) is 0 Å². The molecular weight excluding hydrogens is 354 g/mol. The minimum Gasteiger partial charge on any atom is -0.454 e. The van der Waals surface area contributed by atoms with E-state index in [1.54, 1.807) is 30.0 Å². The molecule has 0 saturated heterocycles. The fourth-order valence-corrected chi connectivity index (χ4v) is 2.88. The zero-order chi connectivity index (χ0) is 17.9. The average molecular weight is 369 g/mol. The van der Waals surface area contributed by atoms with Crippen LogP contribution >= 0.6 is 11.8 Å². The first-order chi connectivity index (χ1) is 12.7. The van der Waals surface area contributed by atoms with Crippen LogP contribution in [0.25, 0.3) is 11.4 Å². The molecule has 0 bridgehead atoms. The molecule has 1 amide bonds. The van der Waals surface area contributed by atoms with E-state index in [-0.39, 0.29) is 19.2 Å². The van der Waals surface area contributed by atoms with Crippen LogP contribution in [0, 0.1) is 0 Å². The predicted molar refractivity (Wildman–Crippen MR) is 96.2 cm³/mol. The number of ether oxygens (including phenoxy) is 2. The summed E-state index contributed by atoms with van der Waals surface area (Å²) in [5.41, 5.74) is 1.47. The van der Waals surface area contributed by atoms with Crippen molar-refractivity contribution in [2.75, 3.05) is 18.4 Å². The van der Waals surface area contributed by atoms with E-state index in [2.05, 4.69) is 20.7 Å². The molecule has 4 rings (SSSR count). The van der Waals surface area contributed by atoms with E-state index in [0.29, 0.717) is 23.0 Å². The first kappa shape index (κ1) is 16.4. The number of aromatic nitrogens is 4. The highest BCUT2D eigenvalue weighted by atomic mass is 32.2. The summed E-state index contributed by atoms with van der Waals surface area (Å²) in [5.74, 6) is 1.50. The van der Waals surface area contributed by atoms with Crippen LogP contribution in [-0.4, -0.2) is 39.2 Å². The zero-order valence-corrected chi connectivity index (χ0v) is 14.7. The Morgan fingerprint density at radius 3 is 2.81 bits per heavy atom. The lowest BCUT2D eigenvalue weighted by Crippen LogP contribution is -2.20. The Labute approximate surface area is 153 Å². The van der Waals surface area contributed by atoms with Crippen LogP contribution in [0.15, 0.2) is 47.4 Å². The number of nitrogens with one attached hydrogen (secondary N) is 1. The summed E-state index contributed by atoms with van der Waals surface area (Å²) in [6.07, 6.45) is 2.02. The number of nitrogens with zero attached hydrogens (tertiary/aromatic N) is 4. The van der Waals surface area contributed by atoms with E-state index in [4.69, 9.17) is 9.47 Å². The number of amides is 1. The molecule has 9 heteroatoms. The van der Waals surface area contributed by atoms with Crippen molar-refractivity contribution >= 4 is 23.4 Å². The van der Waals surface area contributed by atoms with Gasteiger partial charge in [-0.25, -0.2) is 0 Å². The molecule has 8 nitrogen and oxygen atoms in total. The molecule has 132 valence electrons. The average Bonchev–Trinajstić information content (AvgIpc) is 3.30. The molecule has 0 saturated carbocycles. The Hall–Kier alpha value is -3.07. The van der Waals surface area contributed by atoms with E-state index in [9.17, 15) is 4.79 Å². The highest BCUT2D eigenvalue weighted by Gasteiger charge is 2.15. The number of carbonyl (C=O) groups excluding carboxylic acids is 1. The SMILES string of the molecule is CSc1ccc(-c2nnn(CC(=O)Nc3ccc4c(c3)OCO4)n2)cc1. The van der Waals surface area contributed by atoms with Crippen molar-refractivity contribution in [2.45, 2.75) is 11.4 Å². The van der Waals surface area contributed by atoms with Crippen LogP contribution < -0.4 is 14.8 Å². The molecule has 2 aromatic carbocycles. The van der Waals surface area contributed by atoms with Gasteiger partial charge in [0, 0.05) is 22.2 Å². The number of thioether (sulfide) groups is 1. The first-order valence-electron chi connectivity index (χ1n) is 7.83. The van der Waals surface area contributed by atoms with E-state index in [0.717, 1.165) is 10.5 Å². The quantitative estimate of drug-likeness (QED) is 0.691. The second-order valence-corrected chi connectivity index (χ2v) is 6.37. The largest absolute Gasteiger partial charge is 0.454 e. The summed E-state index contributed by atoms with van der Waals surface area (Å²) < 4.78 is 10.5. The van der Waals surface area contributed by atoms with Gasteiger partial charge in [0.25, 0.3) is 0 Å². The van der Waals surface area contributed by atoms with E-state index in [1.165, 1.54) is 4.80 Å². The maximum atomic E-state index is 12.2. The number of rotatable bonds is 5. The first-order valence-corrected chi connectivity index (χ1v) is 9.05. The lowest BCUT2D eigenvalue weighted by molar-refractivity contribution is -0.117. The van der Waals surface area contributed by atoms with Gasteiger partial charge in [-0.3, -0.25) is 4.79 Å². The van der Waals surface area contributed by atoms with E-state index in [1.807, 2.05) is 30.5 Å². The summed E-state index contributed by atoms with van der Waals surface area (Å²) >= 11 is 1.66. The van der Waals surface area contributed by atoms with Gasteiger partial charge in [-0.15, -0.1) is 22.0 Å². The minimum atomic E-state index is -0.259. The predicted octanol–water partition coefficient (Wildman–Crippen LogP) is 2.43. The molecule has 0 aliphatic carbocycles. The van der Waals surface area contributed by atoms with Gasteiger partial charge in [-0.05, 0) is 47.9 Å². The van der Waals surface area contributed by atoms with Gasteiger partial charge in [-0.2, -0.15) is 4.80 Å². The molecule has 2 heterocycles. The maximum absolute atomic E-state index is 12.2. The summed E-state index contributed by atoms with van der Waals surface area (Å²) in [6, 6.07) is 13.1. The molecule has 1 aliphatic rings. The standard InChI is InChI=1S/C17H15N5O3S/c1-26-13-5-2-11(3-6-13)17-19-21-22(20-17)9-16(23)18-12-4-7-14-15(8-12)25-10-24-14/h2-8H,9-10H2,1H3,(H,18,23). The highest BCUT2D eigenvalue weighted by molar-refractivity contribution is 7.98. The number of hydrogen-bond acceptors (Lipinski definition) is 7. The Morgan fingerprint density at radius 2 is 2.00 bits per heavy atom. The zero-order valence-electron chi connectivity index (χ0n) is 13.9. The molecule has 0 atom stereocenters. The van der Waals surface area contributed by atoms with E-state index < -0.39 is 0 Å². The van der Waals surface area contributed by atoms with Gasteiger partial charge in [0.05, 0.1) is 0 Å². The van der Waals surface area contributed by atoms with Crippen LogP contribution in [0.4, 0.5) is 5.69 Å². The number of anilines is 1. The second-order valence-electron chi connectivity index (χ2n) is 5.49. The number of benzene rings is 2. The number of hydrogen-bond donors (Lipinski definition) is 1. The van der Waals surface area contributed by atoms with Gasteiger partial charge in [0.15, 0.2) is 11.5 Å². The van der Waals surface area contributed by atoms with Crippen LogP contribution in [0.3, 0.4) is 0 Å². The summed E-state index contributed by atoms with van der Waals surface area (Å²) in [4.78, 5) is 14.6. The molecule has 0 spiro atoms. The molecule has 0 unspecified atom stereocenters. The topological polar surface area (TPSA) is 91.2 Å². The fourth-order valence-electron chi connectivity index (χ4n) is 2.47. The van der Waals surface area contributed by atoms with Crippen molar-refractivity contribution in [1.82, 2.24) is 20.2 Å². The van der Waals surface area contributed by atoms with Crippen molar-refractivity contribution in [3.8, 4) is 22.9 Å². The molecule has 1 aliphatic heterocycles. The third-order valence-corrected chi connectivity index (χ3v) is 4.49. The lowest BCUT2D eigenvalue weighted by atomic mass is 10.2. The van der Waals surface area contributed by atoms with Crippen molar-refractivity contribution in [2.24, 2.45) is 0 Å². The maximum Gasteiger partial charge on any atom is 0.248 e. The highest BCUT2D eigenvalue weighted by Crippen LogP contribution is 2.34. The fraction of sp³-hybridized carbons (Fsp3) is 0.176. The number of tetrazole rings is 1. The van der Waals surface area contributed by atoms with Crippen molar-refractivity contribution in [3.63, 3.8) is 0 Å². The van der Waals surface area contributed by atoms with Gasteiger partial charge in [-0.1, -0.05) is 0 Å². The van der Waals surface area contributed by atoms with Gasteiger partial charge in [0.1, 0.15) is 6.54 Å². The molecule has 0 radical (unpaired) electrons. The molecule has 3 aromatic rings. The van der Waals surface area contributed by atoms with Crippen LogP contribution in [0.5, 0.6) is 11.5 Å². The van der Waals surface area contributed by atoms with Crippen molar-refractivity contribution < 1.29 is 14.3 Å². The van der Waals surface area contributed by atoms with Gasteiger partial charge in [0.2, 0.25) is 18.5 Å². The second kappa shape index (κ2) is 7.04. The van der Waals surface area contributed by atoms with Crippen molar-refractivity contribution in [3.05, 3.63) is 42.5 Å². The van der Waals surface area contributed by atoms with Gasteiger partial charge < -0.3 is 14.8 Å². The monoisotopic (exact) mass is 369 g/mol. The van der Waals surface area contributed by atoms with Crippen LogP contribution in [0.1, 0.15) is 0 Å². The minimum absolute atomic E-state index is 0.0374. The Morgan fingerprint density at radius 1 is 1.19 bits per heavy atom. The molecule has 1 aromatic heterocycles. The summed E-state index contributed by atoms with van der Waals surface area (Å²) in [7, 11) is 0. The summed E-state index contributed by atoms with van der Waals surface area (Å²) in [5, 5.41) is 15.0. The smallest absolute Gasteiger partial charge is 0.248 e. The Kier molecular flexibility index (Phi) is 4.44. The van der Waals surface area contributed by atoms with Crippen LogP contribution in [-0.2, 0) is 11.3 Å². The van der Waals surface area contributed by atoms with Crippen LogP contribution in [0.2, 0.25) is 0 Å². The number of fused-ring (bicyclic) bond motifs is 1. The Bertz CT molecular complexity index is 942. The van der Waals surface area contributed by atoms with Gasteiger partial charge >= 0.3 is 0 Å². The third kappa shape index (κ3) is 3.47. The summed E-state index contributed by atoms with van der Waals surface area (Å²) in [6.45, 7) is 0.153. The Balaban J connectivity index is 1.41. The van der Waals surface area contributed by atoms with E-state index >= 15 is 0 Å². The molecule has 0 fully saturated rings. The normalized spacial score (nSPS) is 12.2. The lowest BCUT2D eigenvalue weighted by Gasteiger charge is -2.05. The molecule has 1 N–H and O–H groups in total.